The molecule has 35 heavy (non-hydrogen) atoms. The van der Waals surface area contributed by atoms with Crippen LogP contribution in [0.4, 0.5) is 36.8 Å². The monoisotopic (exact) mass is 521 g/mol. The van der Waals surface area contributed by atoms with Crippen molar-refractivity contribution in [2.45, 2.75) is 37.5 Å². The van der Waals surface area contributed by atoms with E-state index >= 15 is 0 Å². The van der Waals surface area contributed by atoms with Crippen LogP contribution in [0.5, 0.6) is 0 Å². The van der Waals surface area contributed by atoms with Crippen molar-refractivity contribution in [1.29, 1.82) is 0 Å². The largest absolute Gasteiger partial charge is 0.615 e. The van der Waals surface area contributed by atoms with Crippen LogP contribution in [0.2, 0.25) is 0 Å². The molecule has 0 bridgehead atoms. The fraction of sp³-hybridized carbons (Fsp3) is 0.364. The molecule has 0 aliphatic carbocycles. The second kappa shape index (κ2) is 10.8. The summed E-state index contributed by atoms with van der Waals surface area (Å²) in [6.45, 7) is 1.58. The number of urea groups is 1. The summed E-state index contributed by atoms with van der Waals surface area (Å²) >= 11 is -1.62. The van der Waals surface area contributed by atoms with Gasteiger partial charge in [-0.05, 0) is 60.1 Å². The molecule has 6 nitrogen and oxygen atoms in total. The lowest BCUT2D eigenvalue weighted by atomic mass is 10.1. The molecule has 1 aliphatic rings. The lowest BCUT2D eigenvalue weighted by Crippen LogP contribution is -2.50. The van der Waals surface area contributed by atoms with Gasteiger partial charge in [-0.15, -0.1) is 5.10 Å². The maximum atomic E-state index is 13.1. The Balaban J connectivity index is 1.89. The molecule has 0 spiro atoms. The van der Waals surface area contributed by atoms with Gasteiger partial charge in [0.05, 0.1) is 11.1 Å². The molecule has 0 saturated heterocycles. The number of rotatable bonds is 6. The van der Waals surface area contributed by atoms with Crippen LogP contribution in [0, 0.1) is 0 Å². The van der Waals surface area contributed by atoms with Gasteiger partial charge in [-0.25, -0.2) is 4.79 Å². The summed E-state index contributed by atoms with van der Waals surface area (Å²) in [7, 11) is 0. The zero-order valence-electron chi connectivity index (χ0n) is 18.3. The summed E-state index contributed by atoms with van der Waals surface area (Å²) in [4.78, 5) is 13.0. The second-order valence-corrected chi connectivity index (χ2v) is 9.25. The molecule has 190 valence electrons. The number of carbonyl (C=O) groups is 1. The van der Waals surface area contributed by atoms with Crippen LogP contribution in [0.1, 0.15) is 36.5 Å². The molecule has 0 aromatic heterocycles. The Hall–Kier alpha value is -2.93. The quantitative estimate of drug-likeness (QED) is 0.384. The molecule has 2 atom stereocenters. The van der Waals surface area contributed by atoms with E-state index in [2.05, 4.69) is 10.4 Å². The SMILES string of the molecule is CCCC[S+]([O-])C1COC(c2cccc(C(F)(F)F)c2)=NN1C(=O)Nc1ccc(C(F)(F)F)cc1. The fourth-order valence-corrected chi connectivity index (χ4v) is 4.52. The lowest BCUT2D eigenvalue weighted by molar-refractivity contribution is -0.138. The molecule has 2 aromatic rings. The molecule has 1 N–H and O–H groups in total. The van der Waals surface area contributed by atoms with E-state index in [1.807, 2.05) is 6.92 Å². The van der Waals surface area contributed by atoms with Gasteiger partial charge in [0.15, 0.2) is 6.61 Å². The number of nitrogens with zero attached hydrogens (tertiary/aromatic N) is 2. The Bertz CT molecular complexity index is 1060. The average molecular weight is 521 g/mol. The minimum atomic E-state index is -4.62. The number of amides is 2. The topological polar surface area (TPSA) is 77.0 Å². The summed E-state index contributed by atoms with van der Waals surface area (Å²) in [6.07, 6.45) is -7.86. The van der Waals surface area contributed by atoms with Gasteiger partial charge in [0.1, 0.15) is 5.75 Å². The normalized spacial score (nSPS) is 17.4. The lowest BCUT2D eigenvalue weighted by Gasteiger charge is -2.33. The van der Waals surface area contributed by atoms with Gasteiger partial charge < -0.3 is 14.6 Å². The summed E-state index contributed by atoms with van der Waals surface area (Å²) in [6, 6.07) is 6.86. The van der Waals surface area contributed by atoms with Gasteiger partial charge in [0.25, 0.3) is 0 Å². The third kappa shape index (κ3) is 6.82. The zero-order valence-corrected chi connectivity index (χ0v) is 19.1. The first-order valence-corrected chi connectivity index (χ1v) is 11.8. The molecular weight excluding hydrogens is 500 g/mol. The molecule has 0 fully saturated rings. The molecule has 2 unspecified atom stereocenters. The third-order valence-corrected chi connectivity index (χ3v) is 6.58. The first-order chi connectivity index (χ1) is 16.4. The highest BCUT2D eigenvalue weighted by Gasteiger charge is 2.39. The zero-order chi connectivity index (χ0) is 25.8. The van der Waals surface area contributed by atoms with E-state index in [4.69, 9.17) is 4.74 Å². The highest BCUT2D eigenvalue weighted by Crippen LogP contribution is 2.31. The van der Waals surface area contributed by atoms with E-state index in [0.717, 1.165) is 53.9 Å². The number of alkyl halides is 6. The first-order valence-electron chi connectivity index (χ1n) is 10.4. The molecule has 3 rings (SSSR count). The third-order valence-electron chi connectivity index (χ3n) is 4.94. The highest BCUT2D eigenvalue weighted by molar-refractivity contribution is 7.92. The summed E-state index contributed by atoms with van der Waals surface area (Å²) in [5.41, 5.74) is -1.89. The number of anilines is 1. The number of benzene rings is 2. The van der Waals surface area contributed by atoms with Crippen molar-refractivity contribution >= 4 is 28.8 Å². The van der Waals surface area contributed by atoms with Gasteiger partial charge in [-0.2, -0.15) is 31.4 Å². The van der Waals surface area contributed by atoms with Crippen LogP contribution in [0.15, 0.2) is 53.6 Å². The summed E-state index contributed by atoms with van der Waals surface area (Å²) in [5.74, 6) is -0.0642. The standard InChI is InChI=1S/C22H21F6N3O3S/c1-2-3-11-35(33)18-13-34-19(14-5-4-6-16(12-14)22(26,27)28)30-31(18)20(32)29-17-9-7-15(8-10-17)21(23,24)25/h4-10,12,18H,2-3,11,13H2,1H3,(H,29,32). The van der Waals surface area contributed by atoms with Crippen molar-refractivity contribution < 1.29 is 40.4 Å². The molecular formula is C22H21F6N3O3S. The molecule has 0 saturated carbocycles. The van der Waals surface area contributed by atoms with Crippen molar-refractivity contribution in [1.82, 2.24) is 5.01 Å². The van der Waals surface area contributed by atoms with E-state index in [0.29, 0.717) is 6.42 Å². The summed E-state index contributed by atoms with van der Waals surface area (Å²) < 4.78 is 95.9. The Morgan fingerprint density at radius 1 is 1.11 bits per heavy atom. The van der Waals surface area contributed by atoms with Crippen molar-refractivity contribution in [3.8, 4) is 0 Å². The van der Waals surface area contributed by atoms with Crippen molar-refractivity contribution in [2.24, 2.45) is 5.10 Å². The van der Waals surface area contributed by atoms with Crippen LogP contribution in [0.3, 0.4) is 0 Å². The van der Waals surface area contributed by atoms with Crippen molar-refractivity contribution in [2.75, 3.05) is 17.7 Å². The van der Waals surface area contributed by atoms with Gasteiger partial charge in [-0.1, -0.05) is 19.4 Å². The van der Waals surface area contributed by atoms with Crippen LogP contribution in [-0.2, 0) is 28.3 Å². The number of nitrogens with one attached hydrogen (secondary N) is 1. The van der Waals surface area contributed by atoms with Crippen molar-refractivity contribution in [3.63, 3.8) is 0 Å². The number of hydrogen-bond donors (Lipinski definition) is 1. The first kappa shape index (κ1) is 26.7. The predicted octanol–water partition coefficient (Wildman–Crippen LogP) is 5.83. The number of unbranched alkanes of at least 4 members (excludes halogenated alkanes) is 1. The maximum absolute atomic E-state index is 13.1. The fourth-order valence-electron chi connectivity index (χ4n) is 3.09. The minimum Gasteiger partial charge on any atom is -0.615 e. The van der Waals surface area contributed by atoms with Crippen molar-refractivity contribution in [3.05, 3.63) is 65.2 Å². The van der Waals surface area contributed by atoms with E-state index in [9.17, 15) is 35.7 Å². The number of hydrazone groups is 1. The average Bonchev–Trinajstić information content (AvgIpc) is 2.81. The van der Waals surface area contributed by atoms with Gasteiger partial charge in [0, 0.05) is 11.3 Å². The molecule has 1 heterocycles. The van der Waals surface area contributed by atoms with Gasteiger partial charge in [-0.3, -0.25) is 0 Å². The van der Waals surface area contributed by atoms with E-state index in [-0.39, 0.29) is 29.5 Å². The Morgan fingerprint density at radius 3 is 2.37 bits per heavy atom. The van der Waals surface area contributed by atoms with Crippen LogP contribution >= 0.6 is 0 Å². The number of hydrogen-bond acceptors (Lipinski definition) is 4. The van der Waals surface area contributed by atoms with E-state index < -0.39 is 46.1 Å². The van der Waals surface area contributed by atoms with Crippen LogP contribution in [-0.4, -0.2) is 39.2 Å². The predicted molar refractivity (Wildman–Crippen MR) is 118 cm³/mol. The Kier molecular flexibility index (Phi) is 8.21. The second-order valence-electron chi connectivity index (χ2n) is 7.54. The highest BCUT2D eigenvalue weighted by atomic mass is 32.2. The molecule has 2 aromatic carbocycles. The van der Waals surface area contributed by atoms with E-state index in [1.54, 1.807) is 0 Å². The minimum absolute atomic E-state index is 0.0170. The van der Waals surface area contributed by atoms with E-state index in [1.165, 1.54) is 6.07 Å². The number of halogens is 6. The summed E-state index contributed by atoms with van der Waals surface area (Å²) in [5, 5.41) is 6.15. The maximum Gasteiger partial charge on any atom is 0.416 e. The van der Waals surface area contributed by atoms with Gasteiger partial charge >= 0.3 is 18.4 Å². The number of carbonyl (C=O) groups excluding carboxylic acids is 1. The Morgan fingerprint density at radius 2 is 1.77 bits per heavy atom. The van der Waals surface area contributed by atoms with Crippen LogP contribution in [0.25, 0.3) is 0 Å². The Labute approximate surface area is 200 Å². The smallest absolute Gasteiger partial charge is 0.416 e. The van der Waals surface area contributed by atoms with Crippen LogP contribution < -0.4 is 5.32 Å². The molecule has 0 radical (unpaired) electrons. The van der Waals surface area contributed by atoms with Gasteiger partial charge in [0.2, 0.25) is 11.3 Å². The molecule has 1 aliphatic heterocycles. The molecule has 2 amide bonds. The molecule has 13 heteroatoms. The number of ether oxygens (including phenoxy) is 1.